The lowest BCUT2D eigenvalue weighted by molar-refractivity contribution is 0.627. The van der Waals surface area contributed by atoms with E-state index in [0.29, 0.717) is 5.92 Å². The Labute approximate surface area is 122 Å². The largest absolute Gasteiger partial charge is 0.306 e. The number of benzene rings is 1. The van der Waals surface area contributed by atoms with Crippen LogP contribution in [-0.4, -0.2) is 14.8 Å². The highest BCUT2D eigenvalue weighted by molar-refractivity contribution is 7.99. The van der Waals surface area contributed by atoms with Crippen molar-refractivity contribution in [3.8, 4) is 0 Å². The van der Waals surface area contributed by atoms with Gasteiger partial charge in [0.1, 0.15) is 11.6 Å². The van der Waals surface area contributed by atoms with Gasteiger partial charge in [-0.3, -0.25) is 0 Å². The lowest BCUT2D eigenvalue weighted by atomic mass is 10.2. The number of thioether (sulfide) groups is 1. The van der Waals surface area contributed by atoms with Gasteiger partial charge in [-0.25, -0.2) is 4.39 Å². The summed E-state index contributed by atoms with van der Waals surface area (Å²) in [6.07, 6.45) is 2.46. The van der Waals surface area contributed by atoms with Crippen molar-refractivity contribution in [3.63, 3.8) is 0 Å². The van der Waals surface area contributed by atoms with Crippen molar-refractivity contribution in [3.05, 3.63) is 41.5 Å². The molecule has 1 aromatic heterocycles. The highest BCUT2D eigenvalue weighted by Crippen LogP contribution is 2.41. The number of nitrogens with zero attached hydrogens (tertiary/aromatic N) is 3. The third-order valence-corrected chi connectivity index (χ3v) is 4.76. The van der Waals surface area contributed by atoms with E-state index in [2.05, 4.69) is 28.6 Å². The molecule has 1 aliphatic rings. The van der Waals surface area contributed by atoms with Gasteiger partial charge in [0.25, 0.3) is 0 Å². The molecule has 0 N–H and O–H groups in total. The Morgan fingerprint density at radius 2 is 2.00 bits per heavy atom. The summed E-state index contributed by atoms with van der Waals surface area (Å²) in [6.45, 7) is 5.14. The Balaban J connectivity index is 1.78. The molecule has 106 valence electrons. The number of hydrogen-bond donors (Lipinski definition) is 0. The molecule has 0 saturated heterocycles. The van der Waals surface area contributed by atoms with Gasteiger partial charge in [0, 0.05) is 17.7 Å². The van der Waals surface area contributed by atoms with Crippen LogP contribution < -0.4 is 0 Å². The van der Waals surface area contributed by atoms with Crippen molar-refractivity contribution in [2.45, 2.75) is 49.6 Å². The summed E-state index contributed by atoms with van der Waals surface area (Å²) in [5.74, 6) is 1.54. The molecule has 0 amide bonds. The van der Waals surface area contributed by atoms with Gasteiger partial charge in [0.2, 0.25) is 0 Å². The fourth-order valence-electron chi connectivity index (χ4n) is 2.29. The van der Waals surface area contributed by atoms with Crippen LogP contribution in [0.1, 0.15) is 49.2 Å². The molecule has 3 nitrogen and oxygen atoms in total. The molecule has 1 atom stereocenters. The van der Waals surface area contributed by atoms with Crippen LogP contribution in [0.2, 0.25) is 0 Å². The summed E-state index contributed by atoms with van der Waals surface area (Å²) >= 11 is 1.69. The molecule has 0 radical (unpaired) electrons. The van der Waals surface area contributed by atoms with Crippen LogP contribution in [0.25, 0.3) is 0 Å². The van der Waals surface area contributed by atoms with Gasteiger partial charge in [0.05, 0.1) is 0 Å². The minimum atomic E-state index is -0.196. The van der Waals surface area contributed by atoms with Crippen LogP contribution in [0.3, 0.4) is 0 Å². The molecule has 3 rings (SSSR count). The molecule has 1 saturated carbocycles. The van der Waals surface area contributed by atoms with Gasteiger partial charge in [-0.2, -0.15) is 0 Å². The molecule has 1 heterocycles. The van der Waals surface area contributed by atoms with E-state index < -0.39 is 0 Å². The van der Waals surface area contributed by atoms with Crippen molar-refractivity contribution in [1.29, 1.82) is 0 Å². The first-order valence-corrected chi connectivity index (χ1v) is 7.92. The maximum atomic E-state index is 13.0. The van der Waals surface area contributed by atoms with Crippen LogP contribution in [-0.2, 0) is 6.54 Å². The van der Waals surface area contributed by atoms with Crippen molar-refractivity contribution in [2.24, 2.45) is 0 Å². The fourth-order valence-corrected chi connectivity index (χ4v) is 3.34. The highest BCUT2D eigenvalue weighted by Gasteiger charge is 2.30. The molecule has 1 aromatic carbocycles. The molecule has 2 aromatic rings. The van der Waals surface area contributed by atoms with E-state index in [1.165, 1.54) is 25.0 Å². The van der Waals surface area contributed by atoms with Crippen molar-refractivity contribution >= 4 is 11.8 Å². The Kier molecular flexibility index (Phi) is 3.78. The predicted molar refractivity (Wildman–Crippen MR) is 78.3 cm³/mol. The molecule has 20 heavy (non-hydrogen) atoms. The lowest BCUT2D eigenvalue weighted by Crippen LogP contribution is -2.02. The zero-order chi connectivity index (χ0) is 14.1. The second-order valence-electron chi connectivity index (χ2n) is 5.17. The second-order valence-corrected chi connectivity index (χ2v) is 6.48. The van der Waals surface area contributed by atoms with E-state index in [-0.39, 0.29) is 11.1 Å². The molecular formula is C15H18FN3S. The van der Waals surface area contributed by atoms with Gasteiger partial charge < -0.3 is 4.57 Å². The van der Waals surface area contributed by atoms with E-state index >= 15 is 0 Å². The van der Waals surface area contributed by atoms with Gasteiger partial charge in [-0.1, -0.05) is 23.9 Å². The Bertz CT molecular complexity index is 590. The smallest absolute Gasteiger partial charge is 0.191 e. The van der Waals surface area contributed by atoms with E-state index in [0.717, 1.165) is 23.1 Å². The first kappa shape index (κ1) is 13.6. The maximum Gasteiger partial charge on any atom is 0.191 e. The molecular weight excluding hydrogens is 273 g/mol. The summed E-state index contributed by atoms with van der Waals surface area (Å²) in [5.41, 5.74) is 1.11. The summed E-state index contributed by atoms with van der Waals surface area (Å²) in [5, 5.41) is 9.87. The molecule has 0 aliphatic heterocycles. The van der Waals surface area contributed by atoms with E-state index in [1.54, 1.807) is 11.8 Å². The average molecular weight is 291 g/mol. The van der Waals surface area contributed by atoms with Crippen LogP contribution in [0.15, 0.2) is 29.4 Å². The highest BCUT2D eigenvalue weighted by atomic mass is 32.2. The van der Waals surface area contributed by atoms with E-state index in [9.17, 15) is 4.39 Å². The Morgan fingerprint density at radius 3 is 2.60 bits per heavy atom. The average Bonchev–Trinajstić information content (AvgIpc) is 3.21. The predicted octanol–water partition coefficient (Wildman–Crippen LogP) is 4.17. The van der Waals surface area contributed by atoms with Gasteiger partial charge in [0.15, 0.2) is 5.16 Å². The van der Waals surface area contributed by atoms with Crippen LogP contribution >= 0.6 is 11.8 Å². The zero-order valence-electron chi connectivity index (χ0n) is 11.7. The first-order valence-electron chi connectivity index (χ1n) is 7.04. The summed E-state index contributed by atoms with van der Waals surface area (Å²) in [7, 11) is 0. The lowest BCUT2D eigenvalue weighted by Gasteiger charge is -2.12. The normalized spacial score (nSPS) is 16.4. The van der Waals surface area contributed by atoms with Crippen molar-refractivity contribution < 1.29 is 4.39 Å². The number of rotatable bonds is 5. The van der Waals surface area contributed by atoms with Gasteiger partial charge in [-0.05, 0) is 44.4 Å². The van der Waals surface area contributed by atoms with Gasteiger partial charge >= 0.3 is 0 Å². The Hall–Kier alpha value is -1.36. The summed E-state index contributed by atoms with van der Waals surface area (Å²) < 4.78 is 15.2. The minimum Gasteiger partial charge on any atom is -0.306 e. The molecule has 1 fully saturated rings. The summed E-state index contributed by atoms with van der Waals surface area (Å²) in [4.78, 5) is 0. The molecule has 0 unspecified atom stereocenters. The molecule has 1 aliphatic carbocycles. The maximum absolute atomic E-state index is 13.0. The van der Waals surface area contributed by atoms with Crippen molar-refractivity contribution in [2.75, 3.05) is 0 Å². The molecule has 0 spiro atoms. The number of halogens is 1. The number of aromatic nitrogens is 3. The third kappa shape index (κ3) is 2.73. The SMILES string of the molecule is CCn1c(S[C@@H](C)c2ccc(F)cc2)nnc1C1CC1. The van der Waals surface area contributed by atoms with Crippen LogP contribution in [0.5, 0.6) is 0 Å². The van der Waals surface area contributed by atoms with Gasteiger partial charge in [-0.15, -0.1) is 10.2 Å². The fraction of sp³-hybridized carbons (Fsp3) is 0.467. The Morgan fingerprint density at radius 1 is 1.30 bits per heavy atom. The summed E-state index contributed by atoms with van der Waals surface area (Å²) in [6, 6.07) is 6.68. The van der Waals surface area contributed by atoms with Crippen LogP contribution in [0.4, 0.5) is 4.39 Å². The van der Waals surface area contributed by atoms with Crippen molar-refractivity contribution in [1.82, 2.24) is 14.8 Å². The zero-order valence-corrected chi connectivity index (χ0v) is 12.5. The quantitative estimate of drug-likeness (QED) is 0.775. The topological polar surface area (TPSA) is 30.7 Å². The first-order chi connectivity index (χ1) is 9.69. The second kappa shape index (κ2) is 5.56. The molecule has 5 heteroatoms. The van der Waals surface area contributed by atoms with E-state index in [1.807, 2.05) is 12.1 Å². The molecule has 0 bridgehead atoms. The number of hydrogen-bond acceptors (Lipinski definition) is 3. The standard InChI is InChI=1S/C15H18FN3S/c1-3-19-14(12-4-5-12)17-18-15(19)20-10(2)11-6-8-13(16)9-7-11/h6-10,12H,3-5H2,1-2H3/t10-/m0/s1. The monoisotopic (exact) mass is 291 g/mol. The third-order valence-electron chi connectivity index (χ3n) is 3.63. The van der Waals surface area contributed by atoms with Crippen LogP contribution in [0, 0.1) is 5.82 Å². The minimum absolute atomic E-state index is 0.196. The van der Waals surface area contributed by atoms with E-state index in [4.69, 9.17) is 0 Å².